The Morgan fingerprint density at radius 2 is 1.93 bits per heavy atom. The molecule has 1 aliphatic rings. The monoisotopic (exact) mass is 634 g/mol. The van der Waals surface area contributed by atoms with Crippen LogP contribution in [0.2, 0.25) is 5.02 Å². The molecular formula is C31H27BClF3N6O3. The van der Waals surface area contributed by atoms with Gasteiger partial charge < -0.3 is 14.6 Å². The highest BCUT2D eigenvalue weighted by atomic mass is 35.5. The number of halogens is 4. The molecule has 1 atom stereocenters. The molecule has 230 valence electrons. The topological polar surface area (TPSA) is 101 Å². The third-order valence-electron chi connectivity index (χ3n) is 7.84. The van der Waals surface area contributed by atoms with Crippen LogP contribution in [-0.2, 0) is 4.79 Å². The van der Waals surface area contributed by atoms with Crippen LogP contribution < -0.4 is 10.6 Å². The van der Waals surface area contributed by atoms with Crippen molar-refractivity contribution in [2.45, 2.75) is 25.8 Å². The lowest BCUT2D eigenvalue weighted by atomic mass is 9.89. The lowest BCUT2D eigenvalue weighted by Gasteiger charge is -2.40. The summed E-state index contributed by atoms with van der Waals surface area (Å²) in [4.78, 5) is 55.3. The molecule has 1 aromatic carbocycles. The van der Waals surface area contributed by atoms with Crippen molar-refractivity contribution in [3.05, 3.63) is 87.3 Å². The Morgan fingerprint density at radius 1 is 1.20 bits per heavy atom. The summed E-state index contributed by atoms with van der Waals surface area (Å²) in [5, 5.41) is 0.173. The molecule has 0 spiro atoms. The van der Waals surface area contributed by atoms with Gasteiger partial charge in [0.2, 0.25) is 5.91 Å². The summed E-state index contributed by atoms with van der Waals surface area (Å²) in [6.07, 6.45) is 2.60. The molecule has 1 fully saturated rings. The van der Waals surface area contributed by atoms with Gasteiger partial charge in [0, 0.05) is 43.0 Å². The maximum Gasteiger partial charge on any atom is 0.355 e. The number of carbonyl (C=O) groups is 2. The summed E-state index contributed by atoms with van der Waals surface area (Å²) in [5.41, 5.74) is -2.07. The van der Waals surface area contributed by atoms with Crippen LogP contribution in [0.25, 0.3) is 28.0 Å². The number of nitrogens with zero attached hydrogens (tertiary/aromatic N) is 6. The van der Waals surface area contributed by atoms with E-state index in [9.17, 15) is 23.2 Å². The Bertz CT molecular complexity index is 1900. The van der Waals surface area contributed by atoms with Crippen LogP contribution in [0.3, 0.4) is 0 Å². The second-order valence-electron chi connectivity index (χ2n) is 10.7. The highest BCUT2D eigenvalue weighted by Crippen LogP contribution is 2.37. The van der Waals surface area contributed by atoms with Gasteiger partial charge in [-0.25, -0.2) is 18.7 Å². The standard InChI is InChI=1S/C31H27BClF3N6O3/c1-4-23(43)40-10-11-41(17(3)15-40)29-20-12-21(33)26(24-19(28(32)44)6-5-7-22(24)36)38-30(20)42(31(45)39-29)27-16(2)8-9-37-25(27)18(13-34)14-35/h4-9,12,17-18H,1,10-11,13-15H2,2-3H3/t17-/m0/s1. The minimum atomic E-state index is -1.29. The number of aryl methyl sites for hydroxylation is 1. The molecule has 14 heteroatoms. The smallest absolute Gasteiger partial charge is 0.350 e. The van der Waals surface area contributed by atoms with E-state index < -0.39 is 36.5 Å². The number of hydrogen-bond donors (Lipinski definition) is 0. The van der Waals surface area contributed by atoms with E-state index in [1.54, 1.807) is 17.9 Å². The minimum Gasteiger partial charge on any atom is -0.350 e. The van der Waals surface area contributed by atoms with E-state index in [1.165, 1.54) is 30.5 Å². The fraction of sp³-hybridized carbons (Fsp3) is 0.290. The molecule has 3 aromatic heterocycles. The summed E-state index contributed by atoms with van der Waals surface area (Å²) in [5.74, 6) is -2.19. The van der Waals surface area contributed by atoms with Crippen molar-refractivity contribution in [1.82, 2.24) is 24.4 Å². The van der Waals surface area contributed by atoms with Crippen molar-refractivity contribution in [2.75, 3.05) is 37.9 Å². The third-order valence-corrected chi connectivity index (χ3v) is 8.13. The van der Waals surface area contributed by atoms with Gasteiger partial charge in [0.05, 0.1) is 33.4 Å². The summed E-state index contributed by atoms with van der Waals surface area (Å²) in [6.45, 7) is 5.73. The predicted molar refractivity (Wildman–Crippen MR) is 166 cm³/mol. The number of hydrogen-bond acceptors (Lipinski definition) is 7. The molecule has 5 rings (SSSR count). The average molecular weight is 635 g/mol. The number of amides is 1. The molecule has 1 amide bonds. The maximum absolute atomic E-state index is 15.3. The maximum atomic E-state index is 15.3. The predicted octanol–water partition coefficient (Wildman–Crippen LogP) is 4.50. The first-order chi connectivity index (χ1) is 21.5. The van der Waals surface area contributed by atoms with Crippen LogP contribution in [0.1, 0.15) is 34.5 Å². The van der Waals surface area contributed by atoms with Crippen LogP contribution in [0.15, 0.2) is 54.0 Å². The van der Waals surface area contributed by atoms with Crippen LogP contribution in [-0.4, -0.2) is 82.9 Å². The number of carbonyl (C=O) groups excluding carboxylic acids is 2. The normalized spacial score (nSPS) is 15.1. The summed E-state index contributed by atoms with van der Waals surface area (Å²) in [7, 11) is 5.55. The molecule has 0 aliphatic carbocycles. The van der Waals surface area contributed by atoms with Crippen LogP contribution in [0.4, 0.5) is 19.0 Å². The van der Waals surface area contributed by atoms with Gasteiger partial charge in [-0.05, 0) is 43.7 Å². The van der Waals surface area contributed by atoms with Gasteiger partial charge in [-0.1, -0.05) is 30.3 Å². The van der Waals surface area contributed by atoms with E-state index in [-0.39, 0.29) is 68.6 Å². The van der Waals surface area contributed by atoms with E-state index in [2.05, 4.69) is 21.5 Å². The lowest BCUT2D eigenvalue weighted by Crippen LogP contribution is -2.54. The number of benzene rings is 1. The van der Waals surface area contributed by atoms with Crippen molar-refractivity contribution in [2.24, 2.45) is 0 Å². The van der Waals surface area contributed by atoms with E-state index >= 15 is 4.39 Å². The van der Waals surface area contributed by atoms with Gasteiger partial charge in [-0.3, -0.25) is 18.6 Å². The molecule has 0 unspecified atom stereocenters. The Labute approximate surface area is 262 Å². The van der Waals surface area contributed by atoms with Crippen molar-refractivity contribution >= 4 is 47.9 Å². The highest BCUT2D eigenvalue weighted by molar-refractivity contribution is 6.63. The first kappa shape index (κ1) is 31.9. The Balaban J connectivity index is 1.86. The fourth-order valence-corrected chi connectivity index (χ4v) is 5.87. The van der Waals surface area contributed by atoms with E-state index in [0.717, 1.165) is 10.6 Å². The summed E-state index contributed by atoms with van der Waals surface area (Å²) >= 11 is 6.72. The molecule has 4 aromatic rings. The van der Waals surface area contributed by atoms with Crippen LogP contribution in [0.5, 0.6) is 0 Å². The van der Waals surface area contributed by atoms with Crippen molar-refractivity contribution in [3.8, 4) is 16.9 Å². The van der Waals surface area contributed by atoms with E-state index in [4.69, 9.17) is 19.4 Å². The molecule has 45 heavy (non-hydrogen) atoms. The zero-order valence-electron chi connectivity index (χ0n) is 24.4. The average Bonchev–Trinajstić information content (AvgIpc) is 3.01. The zero-order valence-corrected chi connectivity index (χ0v) is 25.2. The Kier molecular flexibility index (Phi) is 9.10. The Hall–Kier alpha value is -4.52. The van der Waals surface area contributed by atoms with Crippen LogP contribution in [0, 0.1) is 12.7 Å². The molecule has 9 nitrogen and oxygen atoms in total. The number of alkyl halides is 2. The molecule has 2 radical (unpaired) electrons. The molecule has 0 saturated carbocycles. The number of anilines is 1. The van der Waals surface area contributed by atoms with Gasteiger partial charge in [0.1, 0.15) is 30.7 Å². The molecule has 1 aliphatic heterocycles. The number of aromatic nitrogens is 4. The SMILES string of the molecule is [B]C(=O)c1cccc(F)c1-c1nc2c(cc1Cl)c(N1CCN(C(=O)C=C)C[C@@H]1C)nc(=O)n2-c1c(C)ccnc1C(CF)CF. The zero-order chi connectivity index (χ0) is 32.6. The van der Waals surface area contributed by atoms with Crippen molar-refractivity contribution < 1.29 is 22.8 Å². The fourth-order valence-electron chi connectivity index (χ4n) is 5.62. The minimum absolute atomic E-state index is 0.0371. The molecule has 0 bridgehead atoms. The number of piperazine rings is 1. The quantitative estimate of drug-likeness (QED) is 0.208. The molecule has 1 saturated heterocycles. The number of fused-ring (bicyclic) bond motifs is 1. The summed E-state index contributed by atoms with van der Waals surface area (Å²) < 4.78 is 44.4. The number of pyridine rings is 2. The molecule has 0 N–H and O–H groups in total. The van der Waals surface area contributed by atoms with Gasteiger partial charge >= 0.3 is 5.69 Å². The largest absolute Gasteiger partial charge is 0.355 e. The third kappa shape index (κ3) is 5.72. The van der Waals surface area contributed by atoms with Gasteiger partial charge in [-0.15, -0.1) is 0 Å². The Morgan fingerprint density at radius 3 is 2.58 bits per heavy atom. The first-order valence-electron chi connectivity index (χ1n) is 14.0. The van der Waals surface area contributed by atoms with Gasteiger partial charge in [-0.2, -0.15) is 4.98 Å². The van der Waals surface area contributed by atoms with Crippen molar-refractivity contribution in [1.29, 1.82) is 0 Å². The van der Waals surface area contributed by atoms with E-state index in [0.29, 0.717) is 18.7 Å². The van der Waals surface area contributed by atoms with Gasteiger partial charge in [0.15, 0.2) is 13.5 Å². The molecule has 4 heterocycles. The highest BCUT2D eigenvalue weighted by Gasteiger charge is 2.31. The molecular weight excluding hydrogens is 608 g/mol. The summed E-state index contributed by atoms with van der Waals surface area (Å²) in [6, 6.07) is 6.42. The lowest BCUT2D eigenvalue weighted by molar-refractivity contribution is -0.126. The van der Waals surface area contributed by atoms with E-state index in [1.807, 2.05) is 11.8 Å². The second kappa shape index (κ2) is 12.8. The van der Waals surface area contributed by atoms with Gasteiger partial charge in [0.25, 0.3) is 0 Å². The van der Waals surface area contributed by atoms with Crippen molar-refractivity contribution in [3.63, 3.8) is 0 Å². The second-order valence-corrected chi connectivity index (χ2v) is 11.1. The first-order valence-corrected chi connectivity index (χ1v) is 14.4. The van der Waals surface area contributed by atoms with Crippen LogP contribution >= 0.6 is 11.6 Å². The number of rotatable bonds is 8.